The molecule has 4 rings (SSSR count). The van der Waals surface area contributed by atoms with Crippen LogP contribution in [0.1, 0.15) is 60.3 Å². The minimum absolute atomic E-state index is 0.152. The minimum atomic E-state index is -0.802. The smallest absolute Gasteiger partial charge is 0.280 e. The van der Waals surface area contributed by atoms with Gasteiger partial charge in [-0.15, -0.1) is 5.10 Å². The zero-order valence-electron chi connectivity index (χ0n) is 17.5. The molecule has 2 amide bonds. The molecule has 1 N–H and O–H groups in total. The molecule has 1 atom stereocenters. The molecule has 0 spiro atoms. The van der Waals surface area contributed by atoms with Gasteiger partial charge in [0.2, 0.25) is 5.91 Å². The molecule has 3 aromatic rings. The summed E-state index contributed by atoms with van der Waals surface area (Å²) in [4.78, 5) is 28.7. The van der Waals surface area contributed by atoms with Crippen molar-refractivity contribution in [1.29, 1.82) is 0 Å². The molecule has 0 radical (unpaired) electrons. The third kappa shape index (κ3) is 4.82. The molecular formula is C24H26N4O2S. The third-order valence-corrected chi connectivity index (χ3v) is 6.25. The summed E-state index contributed by atoms with van der Waals surface area (Å²) in [7, 11) is 0. The molecule has 2 aromatic carbocycles. The fraction of sp³-hybridized carbons (Fsp3) is 0.333. The van der Waals surface area contributed by atoms with E-state index in [1.165, 1.54) is 0 Å². The summed E-state index contributed by atoms with van der Waals surface area (Å²) in [6.45, 7) is 2.08. The molecule has 0 aliphatic heterocycles. The van der Waals surface area contributed by atoms with Crippen LogP contribution in [0.3, 0.4) is 0 Å². The average molecular weight is 435 g/mol. The van der Waals surface area contributed by atoms with Crippen LogP contribution in [-0.2, 0) is 11.2 Å². The first-order valence-electron chi connectivity index (χ1n) is 10.7. The van der Waals surface area contributed by atoms with Crippen molar-refractivity contribution in [3.63, 3.8) is 0 Å². The summed E-state index contributed by atoms with van der Waals surface area (Å²) in [5.74, 6) is -0.511. The zero-order chi connectivity index (χ0) is 21.6. The summed E-state index contributed by atoms with van der Waals surface area (Å²) in [5.41, 5.74) is 2.82. The Hall–Kier alpha value is -3.06. The van der Waals surface area contributed by atoms with Crippen molar-refractivity contribution in [3.8, 4) is 0 Å². The van der Waals surface area contributed by atoms with E-state index in [-0.39, 0.29) is 23.6 Å². The van der Waals surface area contributed by atoms with E-state index in [1.54, 1.807) is 10.3 Å². The Balaban J connectivity index is 1.77. The molecule has 6 nitrogen and oxygen atoms in total. The van der Waals surface area contributed by atoms with Gasteiger partial charge in [-0.2, -0.15) is 0 Å². The quantitative estimate of drug-likeness (QED) is 0.592. The van der Waals surface area contributed by atoms with Gasteiger partial charge in [-0.1, -0.05) is 66.7 Å². The number of carbonyl (C=O) groups excluding carboxylic acids is 2. The van der Waals surface area contributed by atoms with Gasteiger partial charge >= 0.3 is 0 Å². The molecule has 160 valence electrons. The lowest BCUT2D eigenvalue weighted by molar-refractivity contribution is -0.123. The van der Waals surface area contributed by atoms with Gasteiger partial charge in [0.1, 0.15) is 6.04 Å². The normalized spacial score (nSPS) is 14.9. The predicted molar refractivity (Wildman–Crippen MR) is 122 cm³/mol. The maximum absolute atomic E-state index is 13.6. The van der Waals surface area contributed by atoms with Crippen molar-refractivity contribution in [2.45, 2.75) is 51.1 Å². The van der Waals surface area contributed by atoms with E-state index in [4.69, 9.17) is 0 Å². The van der Waals surface area contributed by atoms with E-state index in [2.05, 4.69) is 21.8 Å². The largest absolute Gasteiger partial charge is 0.351 e. The highest BCUT2D eigenvalue weighted by Crippen LogP contribution is 2.31. The summed E-state index contributed by atoms with van der Waals surface area (Å²) >= 11 is 1.12. The van der Waals surface area contributed by atoms with Crippen LogP contribution in [-0.4, -0.2) is 27.4 Å². The Kier molecular flexibility index (Phi) is 6.72. The van der Waals surface area contributed by atoms with E-state index in [9.17, 15) is 9.59 Å². The first-order chi connectivity index (χ1) is 15.2. The number of nitrogens with one attached hydrogen (secondary N) is 1. The van der Waals surface area contributed by atoms with Gasteiger partial charge < -0.3 is 5.32 Å². The van der Waals surface area contributed by atoms with Crippen LogP contribution in [0.15, 0.2) is 60.0 Å². The van der Waals surface area contributed by atoms with E-state index in [0.29, 0.717) is 5.69 Å². The molecule has 1 aliphatic rings. The minimum Gasteiger partial charge on any atom is -0.351 e. The van der Waals surface area contributed by atoms with Gasteiger partial charge in [0, 0.05) is 17.1 Å². The van der Waals surface area contributed by atoms with Gasteiger partial charge in [-0.3, -0.25) is 14.5 Å². The molecule has 1 saturated carbocycles. The topological polar surface area (TPSA) is 75.2 Å². The number of carbonyl (C=O) groups is 2. The number of hydrogen-bond donors (Lipinski definition) is 1. The molecular weight excluding hydrogens is 408 g/mol. The second kappa shape index (κ2) is 9.83. The van der Waals surface area contributed by atoms with Gasteiger partial charge in [-0.25, -0.2) is 0 Å². The fourth-order valence-corrected chi connectivity index (χ4v) is 4.49. The van der Waals surface area contributed by atoms with Crippen LogP contribution in [0.5, 0.6) is 0 Å². The van der Waals surface area contributed by atoms with Crippen molar-refractivity contribution >= 4 is 29.0 Å². The lowest BCUT2D eigenvalue weighted by atomic mass is 10.0. The fourth-order valence-electron chi connectivity index (χ4n) is 4.06. The molecule has 31 heavy (non-hydrogen) atoms. The molecule has 0 bridgehead atoms. The third-order valence-electron chi connectivity index (χ3n) is 5.74. The lowest BCUT2D eigenvalue weighted by Crippen LogP contribution is -2.46. The highest BCUT2D eigenvalue weighted by atomic mass is 32.1. The lowest BCUT2D eigenvalue weighted by Gasteiger charge is -2.32. The Labute approximate surface area is 186 Å². The monoisotopic (exact) mass is 434 g/mol. The van der Waals surface area contributed by atoms with E-state index in [1.807, 2.05) is 54.6 Å². The van der Waals surface area contributed by atoms with Crippen LogP contribution in [0.4, 0.5) is 5.69 Å². The standard InChI is InChI=1S/C24H26N4O2S/c1-2-17-12-14-20(15-13-17)28(24(30)21-16-31-27-26-21)22(18-8-4-3-5-9-18)23(29)25-19-10-6-7-11-19/h3-5,8-9,12-16,19,22H,2,6-7,10-11H2,1H3,(H,25,29). The second-order valence-corrected chi connectivity index (χ2v) is 8.40. The number of hydrogen-bond acceptors (Lipinski definition) is 5. The van der Waals surface area contributed by atoms with Crippen LogP contribution in [0, 0.1) is 0 Å². The number of anilines is 1. The number of nitrogens with zero attached hydrogens (tertiary/aromatic N) is 3. The van der Waals surface area contributed by atoms with E-state index >= 15 is 0 Å². The second-order valence-electron chi connectivity index (χ2n) is 7.79. The highest BCUT2D eigenvalue weighted by Gasteiger charge is 2.35. The van der Waals surface area contributed by atoms with E-state index in [0.717, 1.165) is 54.8 Å². The molecule has 1 heterocycles. The summed E-state index contributed by atoms with van der Waals surface area (Å²) in [5, 5.41) is 8.78. The van der Waals surface area contributed by atoms with Crippen LogP contribution in [0.25, 0.3) is 0 Å². The number of amides is 2. The summed E-state index contributed by atoms with van der Waals surface area (Å²) < 4.78 is 3.85. The maximum atomic E-state index is 13.6. The van der Waals surface area contributed by atoms with Gasteiger partial charge in [-0.05, 0) is 54.1 Å². The molecule has 1 fully saturated rings. The first kappa shape index (κ1) is 21.2. The van der Waals surface area contributed by atoms with Crippen molar-refractivity contribution in [2.75, 3.05) is 4.90 Å². The molecule has 1 aromatic heterocycles. The highest BCUT2D eigenvalue weighted by molar-refractivity contribution is 7.03. The summed E-state index contributed by atoms with van der Waals surface area (Å²) in [6.07, 6.45) is 5.08. The number of aryl methyl sites for hydroxylation is 1. The van der Waals surface area contributed by atoms with Crippen LogP contribution in [0.2, 0.25) is 0 Å². The molecule has 1 aliphatic carbocycles. The predicted octanol–water partition coefficient (Wildman–Crippen LogP) is 4.55. The van der Waals surface area contributed by atoms with Crippen LogP contribution >= 0.6 is 11.5 Å². The van der Waals surface area contributed by atoms with Crippen molar-refractivity contribution in [3.05, 3.63) is 76.8 Å². The van der Waals surface area contributed by atoms with Gasteiger partial charge in [0.15, 0.2) is 5.69 Å². The number of benzene rings is 2. The van der Waals surface area contributed by atoms with Gasteiger partial charge in [0.25, 0.3) is 5.91 Å². The van der Waals surface area contributed by atoms with Crippen molar-refractivity contribution in [2.24, 2.45) is 0 Å². The molecule has 7 heteroatoms. The zero-order valence-corrected chi connectivity index (χ0v) is 18.3. The van der Waals surface area contributed by atoms with Crippen molar-refractivity contribution < 1.29 is 9.59 Å². The van der Waals surface area contributed by atoms with Gasteiger partial charge in [0.05, 0.1) is 0 Å². The number of aromatic nitrogens is 2. The summed E-state index contributed by atoms with van der Waals surface area (Å²) in [6, 6.07) is 16.6. The Morgan fingerprint density at radius 2 is 1.81 bits per heavy atom. The van der Waals surface area contributed by atoms with Crippen molar-refractivity contribution in [1.82, 2.24) is 14.9 Å². The first-order valence-corrected chi connectivity index (χ1v) is 11.6. The Bertz CT molecular complexity index is 1000. The Morgan fingerprint density at radius 3 is 2.42 bits per heavy atom. The molecule has 0 saturated heterocycles. The van der Waals surface area contributed by atoms with E-state index < -0.39 is 6.04 Å². The SMILES string of the molecule is CCc1ccc(N(C(=O)c2csnn2)C(C(=O)NC2CCCC2)c2ccccc2)cc1. The van der Waals surface area contributed by atoms with Crippen LogP contribution < -0.4 is 10.2 Å². The molecule has 1 unspecified atom stereocenters. The Morgan fingerprint density at radius 1 is 1.10 bits per heavy atom. The number of rotatable bonds is 7. The maximum Gasteiger partial charge on any atom is 0.280 e. The average Bonchev–Trinajstić information content (AvgIpc) is 3.52.